The van der Waals surface area contributed by atoms with E-state index in [2.05, 4.69) is 106 Å². The third-order valence-corrected chi connectivity index (χ3v) is 11.1. The van der Waals surface area contributed by atoms with Crippen LogP contribution < -0.4 is 20.2 Å². The molecule has 2 heterocycles. The lowest BCUT2D eigenvalue weighted by atomic mass is 9.79. The second-order valence-electron chi connectivity index (χ2n) is 9.97. The second-order valence-corrected chi connectivity index (χ2v) is 14.6. The molecule has 3 aromatic rings. The highest BCUT2D eigenvalue weighted by Gasteiger charge is 2.52. The Hall–Kier alpha value is -2.27. The minimum atomic E-state index is -1.97. The van der Waals surface area contributed by atoms with Gasteiger partial charge >= 0.3 is 0 Å². The van der Waals surface area contributed by atoms with Crippen molar-refractivity contribution in [2.24, 2.45) is 0 Å². The first-order chi connectivity index (χ1) is 15.2. The number of hydrogen-bond acceptors (Lipinski definition) is 3. The summed E-state index contributed by atoms with van der Waals surface area (Å²) in [7, 11) is 6.48. The minimum absolute atomic E-state index is 0.520. The molecule has 3 aromatic carbocycles. The molecule has 0 radical (unpaired) electrons. The van der Waals surface area contributed by atoms with Crippen molar-refractivity contribution in [2.45, 2.75) is 31.2 Å². The fourth-order valence-electron chi connectivity index (χ4n) is 5.46. The van der Waals surface area contributed by atoms with Crippen molar-refractivity contribution in [1.29, 1.82) is 0 Å². The van der Waals surface area contributed by atoms with Crippen LogP contribution in [0.25, 0.3) is 0 Å². The van der Waals surface area contributed by atoms with Gasteiger partial charge in [-0.1, -0.05) is 43.4 Å². The lowest BCUT2D eigenvalue weighted by Gasteiger charge is -2.45. The van der Waals surface area contributed by atoms with Crippen LogP contribution in [0.1, 0.15) is 27.8 Å². The van der Waals surface area contributed by atoms with Gasteiger partial charge in [0, 0.05) is 45.4 Å². The van der Waals surface area contributed by atoms with Crippen LogP contribution in [0.3, 0.4) is 0 Å². The number of nitrogens with zero attached hydrogens (tertiary/aromatic N) is 2. The Morgan fingerprint density at radius 2 is 1.34 bits per heavy atom. The SMILES string of the molecule is CN(C)c1ccc2c(c1)[Si](C)(C)c1cc(N(C)C)ccc1C21OCc2cc(CCl)ccc21. The van der Waals surface area contributed by atoms with Gasteiger partial charge in [-0.3, -0.25) is 0 Å². The van der Waals surface area contributed by atoms with E-state index >= 15 is 0 Å². The van der Waals surface area contributed by atoms with Crippen molar-refractivity contribution in [2.75, 3.05) is 38.0 Å². The molecule has 0 amide bonds. The molecule has 32 heavy (non-hydrogen) atoms. The molecule has 0 saturated heterocycles. The van der Waals surface area contributed by atoms with E-state index in [1.807, 2.05) is 0 Å². The van der Waals surface area contributed by atoms with Crippen molar-refractivity contribution < 1.29 is 4.74 Å². The quantitative estimate of drug-likeness (QED) is 0.420. The minimum Gasteiger partial charge on any atom is -0.378 e. The van der Waals surface area contributed by atoms with Crippen LogP contribution in [0.15, 0.2) is 54.6 Å². The molecule has 1 spiro atoms. The summed E-state index contributed by atoms with van der Waals surface area (Å²) >= 11 is 6.15. The molecule has 2 aliphatic heterocycles. The van der Waals surface area contributed by atoms with Crippen LogP contribution in [-0.4, -0.2) is 36.3 Å². The molecule has 0 aliphatic carbocycles. The van der Waals surface area contributed by atoms with Gasteiger partial charge in [0.05, 0.1) is 6.61 Å². The van der Waals surface area contributed by atoms with Crippen LogP contribution in [0, 0.1) is 0 Å². The fourth-order valence-corrected chi connectivity index (χ4v) is 8.80. The Morgan fingerprint density at radius 1 is 0.812 bits per heavy atom. The highest BCUT2D eigenvalue weighted by atomic mass is 35.5. The average molecular weight is 463 g/mol. The monoisotopic (exact) mass is 462 g/mol. The second kappa shape index (κ2) is 7.37. The van der Waals surface area contributed by atoms with E-state index < -0.39 is 13.7 Å². The van der Waals surface area contributed by atoms with Crippen molar-refractivity contribution in [3.05, 3.63) is 82.4 Å². The fraction of sp³-hybridized carbons (Fsp3) is 0.333. The van der Waals surface area contributed by atoms with Crippen LogP contribution in [-0.2, 0) is 22.8 Å². The van der Waals surface area contributed by atoms with E-state index in [1.54, 1.807) is 0 Å². The van der Waals surface area contributed by atoms with Crippen molar-refractivity contribution >= 4 is 41.4 Å². The average Bonchev–Trinajstić information content (AvgIpc) is 3.16. The lowest BCUT2D eigenvalue weighted by molar-refractivity contribution is 0.0276. The van der Waals surface area contributed by atoms with Gasteiger partial charge in [-0.2, -0.15) is 0 Å². The van der Waals surface area contributed by atoms with Gasteiger partial charge < -0.3 is 14.5 Å². The van der Waals surface area contributed by atoms with E-state index in [9.17, 15) is 0 Å². The van der Waals surface area contributed by atoms with Crippen molar-refractivity contribution in [1.82, 2.24) is 0 Å². The van der Waals surface area contributed by atoms with Gasteiger partial charge in [-0.15, -0.1) is 11.6 Å². The number of benzene rings is 3. The Balaban J connectivity index is 1.86. The Kier molecular flexibility index (Phi) is 4.97. The summed E-state index contributed by atoms with van der Waals surface area (Å²) in [5.41, 5.74) is 8.17. The molecule has 2 aliphatic rings. The molecule has 5 heteroatoms. The molecule has 0 atom stereocenters. The van der Waals surface area contributed by atoms with Gasteiger partial charge in [0.1, 0.15) is 13.7 Å². The Bertz CT molecular complexity index is 1160. The van der Waals surface area contributed by atoms with Gasteiger partial charge in [0.2, 0.25) is 0 Å². The van der Waals surface area contributed by atoms with Gasteiger partial charge in [0.25, 0.3) is 0 Å². The maximum Gasteiger partial charge on any atom is 0.144 e. The Labute approximate surface area is 197 Å². The maximum absolute atomic E-state index is 6.85. The smallest absolute Gasteiger partial charge is 0.144 e. The number of halogens is 1. The summed E-state index contributed by atoms with van der Waals surface area (Å²) in [4.78, 5) is 4.39. The van der Waals surface area contributed by atoms with Gasteiger partial charge in [-0.05, 0) is 62.5 Å². The molecular formula is C27H31ClN2OSi. The molecular weight excluding hydrogens is 432 g/mol. The summed E-state index contributed by atoms with van der Waals surface area (Å²) in [5, 5.41) is 2.92. The van der Waals surface area contributed by atoms with Crippen LogP contribution in [0.2, 0.25) is 13.1 Å². The molecule has 5 rings (SSSR count). The molecule has 0 fully saturated rings. The van der Waals surface area contributed by atoms with Gasteiger partial charge in [0.15, 0.2) is 0 Å². The molecule has 3 nitrogen and oxygen atoms in total. The topological polar surface area (TPSA) is 15.7 Å². The molecule has 0 saturated carbocycles. The lowest BCUT2D eigenvalue weighted by Crippen LogP contribution is -2.63. The summed E-state index contributed by atoms with van der Waals surface area (Å²) in [6.45, 7) is 5.55. The third kappa shape index (κ3) is 2.89. The van der Waals surface area contributed by atoms with E-state index in [1.165, 1.54) is 44.0 Å². The maximum atomic E-state index is 6.85. The number of ether oxygens (including phenoxy) is 1. The predicted octanol–water partition coefficient (Wildman–Crippen LogP) is 4.52. The van der Waals surface area contributed by atoms with Crippen LogP contribution >= 0.6 is 11.6 Å². The predicted molar refractivity (Wildman–Crippen MR) is 139 cm³/mol. The van der Waals surface area contributed by atoms with E-state index in [4.69, 9.17) is 16.3 Å². The first kappa shape index (κ1) is 21.6. The summed E-state index contributed by atoms with van der Waals surface area (Å²) in [5.74, 6) is 0.520. The molecule has 0 bridgehead atoms. The summed E-state index contributed by atoms with van der Waals surface area (Å²) < 4.78 is 6.85. The van der Waals surface area contributed by atoms with Crippen LogP contribution in [0.4, 0.5) is 11.4 Å². The molecule has 0 unspecified atom stereocenters. The van der Waals surface area contributed by atoms with Crippen LogP contribution in [0.5, 0.6) is 0 Å². The van der Waals surface area contributed by atoms with Crippen molar-refractivity contribution in [3.63, 3.8) is 0 Å². The standard InChI is InChI=1S/C27H31ClN2OSi/c1-29(2)20-8-11-23-25(14-20)32(5,6)26-15-21(30(3)4)9-12-24(26)27(23)22-10-7-18(16-28)13-19(22)17-31-27/h7-15H,16-17H2,1-6H3. The molecule has 0 aromatic heterocycles. The highest BCUT2D eigenvalue weighted by Crippen LogP contribution is 2.49. The van der Waals surface area contributed by atoms with Crippen molar-refractivity contribution in [3.8, 4) is 0 Å². The largest absolute Gasteiger partial charge is 0.378 e. The number of hydrogen-bond donors (Lipinski definition) is 0. The molecule has 0 N–H and O–H groups in total. The van der Waals surface area contributed by atoms with E-state index in [0.29, 0.717) is 12.5 Å². The highest BCUT2D eigenvalue weighted by molar-refractivity contribution is 7.01. The number of anilines is 2. The Morgan fingerprint density at radius 3 is 1.84 bits per heavy atom. The normalized spacial score (nSPS) is 17.0. The van der Waals surface area contributed by atoms with Gasteiger partial charge in [-0.25, -0.2) is 0 Å². The number of alkyl halides is 1. The summed E-state index contributed by atoms with van der Waals surface area (Å²) in [6, 6.07) is 20.5. The van der Waals surface area contributed by atoms with E-state index in [0.717, 1.165) is 5.56 Å². The van der Waals surface area contributed by atoms with E-state index in [-0.39, 0.29) is 0 Å². The zero-order chi connectivity index (χ0) is 22.8. The first-order valence-corrected chi connectivity index (χ1v) is 14.7. The molecule has 166 valence electrons. The number of rotatable bonds is 3. The number of fused-ring (bicyclic) bond motifs is 6. The third-order valence-electron chi connectivity index (χ3n) is 7.29. The first-order valence-electron chi connectivity index (χ1n) is 11.2. The summed E-state index contributed by atoms with van der Waals surface area (Å²) in [6.07, 6.45) is 0. The zero-order valence-electron chi connectivity index (χ0n) is 19.8. The zero-order valence-corrected chi connectivity index (χ0v) is 21.5.